The van der Waals surface area contributed by atoms with E-state index in [1.165, 1.54) is 0 Å². The molecule has 1 aromatic rings. The number of aliphatic carboxylic acids is 1. The summed E-state index contributed by atoms with van der Waals surface area (Å²) in [5, 5.41) is 9.64. The van der Waals surface area contributed by atoms with E-state index < -0.39 is 11.8 Å². The maximum absolute atomic E-state index is 11.1. The molecule has 0 aromatic heterocycles. The third-order valence-electron chi connectivity index (χ3n) is 2.47. The Morgan fingerprint density at radius 1 is 1.33 bits per heavy atom. The second-order valence-corrected chi connectivity index (χ2v) is 4.84. The summed E-state index contributed by atoms with van der Waals surface area (Å²) in [7, 11) is 0. The van der Waals surface area contributed by atoms with Crippen LogP contribution in [0.2, 0.25) is 5.02 Å². The highest BCUT2D eigenvalue weighted by Gasteiger charge is 2.37. The lowest BCUT2D eigenvalue weighted by Gasteiger charge is -2.18. The highest BCUT2D eigenvalue weighted by molar-refractivity contribution is 6.31. The van der Waals surface area contributed by atoms with Gasteiger partial charge in [-0.15, -0.1) is 0 Å². The van der Waals surface area contributed by atoms with Crippen LogP contribution in [0.15, 0.2) is 35.8 Å². The molecule has 0 amide bonds. The number of rotatable bonds is 3. The number of hydrogen-bond donors (Lipinski definition) is 1. The van der Waals surface area contributed by atoms with Crippen LogP contribution < -0.4 is 0 Å². The van der Waals surface area contributed by atoms with Crippen molar-refractivity contribution >= 4 is 17.6 Å². The average molecular weight is 269 g/mol. The van der Waals surface area contributed by atoms with E-state index in [1.807, 2.05) is 18.2 Å². The van der Waals surface area contributed by atoms with E-state index >= 15 is 0 Å². The highest BCUT2D eigenvalue weighted by atomic mass is 35.5. The fourth-order valence-corrected chi connectivity index (χ4v) is 1.96. The Morgan fingerprint density at radius 2 is 2.00 bits per heavy atom. The van der Waals surface area contributed by atoms with Crippen LogP contribution in [0.3, 0.4) is 0 Å². The minimum atomic E-state index is -1.14. The molecule has 96 valence electrons. The van der Waals surface area contributed by atoms with Gasteiger partial charge in [0.2, 0.25) is 11.5 Å². The summed E-state index contributed by atoms with van der Waals surface area (Å²) in [6.07, 6.45) is 0.296. The van der Waals surface area contributed by atoms with Crippen LogP contribution >= 0.6 is 11.6 Å². The van der Waals surface area contributed by atoms with Crippen LogP contribution in [0.4, 0.5) is 0 Å². The van der Waals surface area contributed by atoms with E-state index in [1.54, 1.807) is 19.9 Å². The predicted octanol–water partition coefficient (Wildman–Crippen LogP) is 2.96. The summed E-state index contributed by atoms with van der Waals surface area (Å²) in [6, 6.07) is 7.22. The van der Waals surface area contributed by atoms with Gasteiger partial charge in [-0.05, 0) is 11.6 Å². The van der Waals surface area contributed by atoms with E-state index in [2.05, 4.69) is 0 Å². The van der Waals surface area contributed by atoms with E-state index in [0.717, 1.165) is 5.56 Å². The van der Waals surface area contributed by atoms with Gasteiger partial charge < -0.3 is 14.6 Å². The normalized spacial score (nSPS) is 17.3. The number of carboxylic acids is 1. The van der Waals surface area contributed by atoms with Crippen molar-refractivity contribution < 1.29 is 19.4 Å². The fourth-order valence-electron chi connectivity index (χ4n) is 1.76. The summed E-state index contributed by atoms with van der Waals surface area (Å²) in [6.45, 7) is 3.32. The van der Waals surface area contributed by atoms with E-state index in [0.29, 0.717) is 17.2 Å². The summed E-state index contributed by atoms with van der Waals surface area (Å²) in [5.41, 5.74) is 0.800. The van der Waals surface area contributed by atoms with Crippen molar-refractivity contribution in [3.63, 3.8) is 0 Å². The second-order valence-electron chi connectivity index (χ2n) is 4.43. The molecule has 18 heavy (non-hydrogen) atoms. The molecule has 0 saturated carbocycles. The first kappa shape index (κ1) is 12.8. The van der Waals surface area contributed by atoms with Crippen LogP contribution in [0.1, 0.15) is 19.4 Å². The van der Waals surface area contributed by atoms with Crippen molar-refractivity contribution in [3.8, 4) is 0 Å². The molecule has 1 heterocycles. The number of hydrogen-bond acceptors (Lipinski definition) is 3. The van der Waals surface area contributed by atoms with Gasteiger partial charge in [0.05, 0.1) is 0 Å². The van der Waals surface area contributed by atoms with Gasteiger partial charge in [-0.1, -0.05) is 29.8 Å². The van der Waals surface area contributed by atoms with Crippen molar-refractivity contribution in [2.75, 3.05) is 0 Å². The van der Waals surface area contributed by atoms with E-state index in [-0.39, 0.29) is 5.76 Å². The maximum atomic E-state index is 11.1. The first-order valence-corrected chi connectivity index (χ1v) is 5.85. The Labute approximate surface area is 110 Å². The number of halogens is 1. The molecule has 0 bridgehead atoms. The molecule has 5 heteroatoms. The molecule has 0 aliphatic carbocycles. The quantitative estimate of drug-likeness (QED) is 0.916. The largest absolute Gasteiger partial charge is 0.475 e. The zero-order valence-corrected chi connectivity index (χ0v) is 10.8. The molecule has 4 nitrogen and oxygen atoms in total. The Morgan fingerprint density at radius 3 is 2.61 bits per heavy atom. The topological polar surface area (TPSA) is 55.8 Å². The molecule has 0 spiro atoms. The van der Waals surface area contributed by atoms with Gasteiger partial charge in [-0.2, -0.15) is 0 Å². The summed E-state index contributed by atoms with van der Waals surface area (Å²) in [4.78, 5) is 11.1. The first-order valence-electron chi connectivity index (χ1n) is 5.47. The number of carbonyl (C=O) groups is 1. The Bertz CT molecular complexity index is 519. The van der Waals surface area contributed by atoms with Crippen LogP contribution in [-0.4, -0.2) is 16.9 Å². The summed E-state index contributed by atoms with van der Waals surface area (Å²) in [5.74, 6) is -1.95. The predicted molar refractivity (Wildman–Crippen MR) is 66.1 cm³/mol. The average Bonchev–Trinajstić information content (AvgIpc) is 2.57. The van der Waals surface area contributed by atoms with Crippen molar-refractivity contribution in [1.82, 2.24) is 0 Å². The molecule has 1 N–H and O–H groups in total. The van der Waals surface area contributed by atoms with Gasteiger partial charge in [0.25, 0.3) is 0 Å². The molecule has 1 aromatic carbocycles. The van der Waals surface area contributed by atoms with Crippen LogP contribution in [-0.2, 0) is 20.7 Å². The van der Waals surface area contributed by atoms with Crippen LogP contribution in [0, 0.1) is 0 Å². The minimum Gasteiger partial charge on any atom is -0.475 e. The molecule has 0 saturated heterocycles. The minimum absolute atomic E-state index is 0.153. The Balaban J connectivity index is 2.29. The molecule has 2 rings (SSSR count). The Hall–Kier alpha value is -1.68. The van der Waals surface area contributed by atoms with Crippen molar-refractivity contribution in [1.29, 1.82) is 0 Å². The molecule has 0 fully saturated rings. The molecule has 1 aliphatic heterocycles. The second kappa shape index (κ2) is 4.53. The summed E-state index contributed by atoms with van der Waals surface area (Å²) >= 11 is 6.03. The standard InChI is InChI=1S/C13H13ClO4/c1-13(2)17-10(11(18-13)12(15)16)7-8-5-3-4-6-9(8)14/h3-6H,7H2,1-2H3,(H,15,16). The smallest absolute Gasteiger partial charge is 0.374 e. The molecular weight excluding hydrogens is 256 g/mol. The lowest BCUT2D eigenvalue weighted by Crippen LogP contribution is -2.22. The molecule has 1 aliphatic rings. The fraction of sp³-hybridized carbons (Fsp3) is 0.308. The number of allylic oxidation sites excluding steroid dienone is 1. The van der Waals surface area contributed by atoms with Crippen molar-refractivity contribution in [2.24, 2.45) is 0 Å². The maximum Gasteiger partial charge on any atom is 0.374 e. The van der Waals surface area contributed by atoms with Crippen LogP contribution in [0.25, 0.3) is 0 Å². The van der Waals surface area contributed by atoms with Gasteiger partial charge in [-0.25, -0.2) is 4.79 Å². The van der Waals surface area contributed by atoms with Crippen molar-refractivity contribution in [2.45, 2.75) is 26.1 Å². The van der Waals surface area contributed by atoms with Gasteiger partial charge in [0, 0.05) is 25.3 Å². The van der Waals surface area contributed by atoms with Crippen molar-refractivity contribution in [3.05, 3.63) is 46.4 Å². The first-order chi connectivity index (χ1) is 8.39. The van der Waals surface area contributed by atoms with E-state index in [4.69, 9.17) is 26.2 Å². The highest BCUT2D eigenvalue weighted by Crippen LogP contribution is 2.33. The third kappa shape index (κ3) is 2.59. The number of carboxylic acid groups (broad SMARTS) is 1. The van der Waals surface area contributed by atoms with E-state index in [9.17, 15) is 4.79 Å². The lowest BCUT2D eigenvalue weighted by atomic mass is 10.1. The lowest BCUT2D eigenvalue weighted by molar-refractivity contribution is -0.150. The van der Waals surface area contributed by atoms with Crippen LogP contribution in [0.5, 0.6) is 0 Å². The number of benzene rings is 1. The third-order valence-corrected chi connectivity index (χ3v) is 2.84. The molecule has 0 radical (unpaired) electrons. The van der Waals surface area contributed by atoms with Gasteiger partial charge in [0.15, 0.2) is 5.76 Å². The Kier molecular flexibility index (Phi) is 3.22. The molecule has 0 unspecified atom stereocenters. The van der Waals surface area contributed by atoms with Gasteiger partial charge >= 0.3 is 5.97 Å². The monoisotopic (exact) mass is 268 g/mol. The number of ether oxygens (including phenoxy) is 2. The molecule has 0 atom stereocenters. The SMILES string of the molecule is CC1(C)OC(Cc2ccccc2Cl)=C(C(=O)O)O1. The zero-order chi connectivity index (χ0) is 13.3. The zero-order valence-electron chi connectivity index (χ0n) is 10.1. The van der Waals surface area contributed by atoms with Gasteiger partial charge in [-0.3, -0.25) is 0 Å². The summed E-state index contributed by atoms with van der Waals surface area (Å²) < 4.78 is 10.7. The molecular formula is C13H13ClO4. The van der Waals surface area contributed by atoms with Gasteiger partial charge in [0.1, 0.15) is 0 Å².